The van der Waals surface area contributed by atoms with Gasteiger partial charge in [0.15, 0.2) is 0 Å². The van der Waals surface area contributed by atoms with Crippen LogP contribution in [0, 0.1) is 6.92 Å². The Balaban J connectivity index is 1.84. The maximum Gasteiger partial charge on any atom is 0.268 e. The smallest absolute Gasteiger partial charge is 0.268 e. The van der Waals surface area contributed by atoms with Gasteiger partial charge in [-0.3, -0.25) is 9.59 Å². The Morgan fingerprint density at radius 3 is 2.38 bits per heavy atom. The molecule has 0 spiro atoms. The first-order valence-corrected chi connectivity index (χ1v) is 10.4. The predicted octanol–water partition coefficient (Wildman–Crippen LogP) is 5.09. The van der Waals surface area contributed by atoms with Crippen LogP contribution in [-0.2, 0) is 4.79 Å². The normalized spacial score (nSPS) is 12.3. The van der Waals surface area contributed by atoms with Crippen LogP contribution in [-0.4, -0.2) is 11.8 Å². The molecule has 29 heavy (non-hydrogen) atoms. The van der Waals surface area contributed by atoms with Crippen LogP contribution in [0.2, 0.25) is 0 Å². The number of hydrogen-bond donors (Lipinski definition) is 2. The van der Waals surface area contributed by atoms with Gasteiger partial charge in [0.1, 0.15) is 5.70 Å². The molecule has 2 aromatic carbocycles. The highest BCUT2D eigenvalue weighted by Gasteiger charge is 2.19. The fourth-order valence-corrected chi connectivity index (χ4v) is 3.69. The summed E-state index contributed by atoms with van der Waals surface area (Å²) in [6.07, 6.45) is 2.46. The summed E-state index contributed by atoms with van der Waals surface area (Å²) in [5.74, 6) is -0.607. The summed E-state index contributed by atoms with van der Waals surface area (Å²) in [4.78, 5) is 26.8. The molecule has 1 heterocycles. The van der Waals surface area contributed by atoms with Crippen molar-refractivity contribution in [2.75, 3.05) is 0 Å². The van der Waals surface area contributed by atoms with Gasteiger partial charge >= 0.3 is 0 Å². The van der Waals surface area contributed by atoms with E-state index >= 15 is 0 Å². The summed E-state index contributed by atoms with van der Waals surface area (Å²) in [6, 6.07) is 20.8. The maximum atomic E-state index is 13.1. The fourth-order valence-electron chi connectivity index (χ4n) is 3.03. The second kappa shape index (κ2) is 9.85. The number of carbonyl (C=O) groups excluding carboxylic acids is 2. The summed E-state index contributed by atoms with van der Waals surface area (Å²) in [5, 5.41) is 7.79. The lowest BCUT2D eigenvalue weighted by molar-refractivity contribution is -0.118. The number of amides is 2. The zero-order chi connectivity index (χ0) is 20.6. The number of hydrogen-bond acceptors (Lipinski definition) is 3. The van der Waals surface area contributed by atoms with E-state index in [-0.39, 0.29) is 23.6 Å². The first-order valence-electron chi connectivity index (χ1n) is 9.56. The minimum Gasteiger partial charge on any atom is -0.344 e. The molecule has 1 atom stereocenters. The van der Waals surface area contributed by atoms with Gasteiger partial charge in [0.05, 0.1) is 6.04 Å². The highest BCUT2D eigenvalue weighted by atomic mass is 32.1. The second-order valence-corrected chi connectivity index (χ2v) is 7.67. The topological polar surface area (TPSA) is 58.2 Å². The lowest BCUT2D eigenvalue weighted by Gasteiger charge is -2.19. The minimum absolute atomic E-state index is 0.134. The summed E-state index contributed by atoms with van der Waals surface area (Å²) in [5.41, 5.74) is 2.67. The van der Waals surface area contributed by atoms with Crippen LogP contribution in [0.5, 0.6) is 0 Å². The lowest BCUT2D eigenvalue weighted by Crippen LogP contribution is -2.36. The molecule has 3 aromatic rings. The van der Waals surface area contributed by atoms with Gasteiger partial charge in [0.2, 0.25) is 0 Å². The first-order chi connectivity index (χ1) is 14.1. The van der Waals surface area contributed by atoms with E-state index in [2.05, 4.69) is 10.6 Å². The van der Waals surface area contributed by atoms with Crippen LogP contribution in [0.3, 0.4) is 0 Å². The molecule has 0 saturated heterocycles. The van der Waals surface area contributed by atoms with E-state index in [4.69, 9.17) is 0 Å². The van der Waals surface area contributed by atoms with Gasteiger partial charge in [-0.15, -0.1) is 11.3 Å². The molecule has 0 aliphatic carbocycles. The Labute approximate surface area is 175 Å². The van der Waals surface area contributed by atoms with Crippen molar-refractivity contribution in [3.05, 3.63) is 99.4 Å². The van der Waals surface area contributed by atoms with E-state index in [9.17, 15) is 9.59 Å². The molecule has 5 heteroatoms. The van der Waals surface area contributed by atoms with Gasteiger partial charge in [-0.25, -0.2) is 0 Å². The summed E-state index contributed by atoms with van der Waals surface area (Å²) < 4.78 is 0. The molecule has 0 saturated carbocycles. The van der Waals surface area contributed by atoms with Gasteiger partial charge in [-0.1, -0.05) is 61.5 Å². The van der Waals surface area contributed by atoms with Crippen molar-refractivity contribution in [3.63, 3.8) is 0 Å². The number of rotatable bonds is 7. The number of thiophene rings is 1. The van der Waals surface area contributed by atoms with Gasteiger partial charge in [-0.2, -0.15) is 0 Å². The number of carbonyl (C=O) groups is 2. The average Bonchev–Trinajstić information content (AvgIpc) is 3.25. The van der Waals surface area contributed by atoms with Crippen LogP contribution in [0.1, 0.15) is 45.7 Å². The zero-order valence-electron chi connectivity index (χ0n) is 16.5. The van der Waals surface area contributed by atoms with Gasteiger partial charge in [0, 0.05) is 10.4 Å². The number of nitrogens with one attached hydrogen (secondary N) is 2. The second-order valence-electron chi connectivity index (χ2n) is 6.69. The van der Waals surface area contributed by atoms with E-state index in [1.807, 2.05) is 79.9 Å². The molecule has 4 nitrogen and oxygen atoms in total. The standard InChI is InChI=1S/C24H24N2O2S/c1-3-21(18-11-5-4-6-12-18)25-24(28)22(16-19-13-9-15-29-19)26-23(27)20-14-8-7-10-17(20)2/h4-16,21H,3H2,1-2H3,(H,25,28)(H,26,27)/b22-16-. The van der Waals surface area contributed by atoms with Crippen LogP contribution >= 0.6 is 11.3 Å². The quantitative estimate of drug-likeness (QED) is 0.539. The van der Waals surface area contributed by atoms with Crippen molar-refractivity contribution in [2.45, 2.75) is 26.3 Å². The highest BCUT2D eigenvalue weighted by molar-refractivity contribution is 7.10. The lowest BCUT2D eigenvalue weighted by atomic mass is 10.0. The Morgan fingerprint density at radius 2 is 1.72 bits per heavy atom. The summed E-state index contributed by atoms with van der Waals surface area (Å²) in [6.45, 7) is 3.90. The maximum absolute atomic E-state index is 13.1. The van der Waals surface area contributed by atoms with Crippen molar-refractivity contribution in [3.8, 4) is 0 Å². The average molecular weight is 405 g/mol. The SMILES string of the molecule is CCC(NC(=O)/C(=C/c1cccs1)NC(=O)c1ccccc1C)c1ccccc1. The zero-order valence-corrected chi connectivity index (χ0v) is 17.3. The van der Waals surface area contributed by atoms with Crippen molar-refractivity contribution in [1.29, 1.82) is 0 Å². The largest absolute Gasteiger partial charge is 0.344 e. The monoisotopic (exact) mass is 404 g/mol. The van der Waals surface area contributed by atoms with Crippen LogP contribution in [0.25, 0.3) is 6.08 Å². The molecule has 2 N–H and O–H groups in total. The fraction of sp³-hybridized carbons (Fsp3) is 0.167. The van der Waals surface area contributed by atoms with Crippen molar-refractivity contribution >= 4 is 29.2 Å². The molecular weight excluding hydrogens is 380 g/mol. The molecule has 2 amide bonds. The van der Waals surface area contributed by atoms with Crippen LogP contribution in [0.4, 0.5) is 0 Å². The Kier molecular flexibility index (Phi) is 6.98. The molecule has 1 aromatic heterocycles. The van der Waals surface area contributed by atoms with E-state index < -0.39 is 0 Å². The molecular formula is C24H24N2O2S. The van der Waals surface area contributed by atoms with Crippen molar-refractivity contribution in [1.82, 2.24) is 10.6 Å². The number of benzene rings is 2. The molecule has 0 fully saturated rings. The van der Waals surface area contributed by atoms with E-state index in [0.717, 1.165) is 22.4 Å². The third-order valence-electron chi connectivity index (χ3n) is 4.63. The molecule has 148 valence electrons. The first kappa shape index (κ1) is 20.6. The summed E-state index contributed by atoms with van der Waals surface area (Å²) >= 11 is 1.51. The third kappa shape index (κ3) is 5.42. The Bertz CT molecular complexity index is 995. The van der Waals surface area contributed by atoms with E-state index in [0.29, 0.717) is 5.56 Å². The predicted molar refractivity (Wildman–Crippen MR) is 119 cm³/mol. The van der Waals surface area contributed by atoms with Gasteiger partial charge in [-0.05, 0) is 48.1 Å². The molecule has 0 aliphatic heterocycles. The minimum atomic E-state index is -0.309. The Hall–Kier alpha value is -3.18. The van der Waals surface area contributed by atoms with Crippen LogP contribution < -0.4 is 10.6 Å². The van der Waals surface area contributed by atoms with Crippen molar-refractivity contribution in [2.24, 2.45) is 0 Å². The number of aryl methyl sites for hydroxylation is 1. The molecule has 0 bridgehead atoms. The molecule has 1 unspecified atom stereocenters. The van der Waals surface area contributed by atoms with Gasteiger partial charge < -0.3 is 10.6 Å². The highest BCUT2D eigenvalue weighted by Crippen LogP contribution is 2.18. The molecule has 3 rings (SSSR count). The van der Waals surface area contributed by atoms with E-state index in [1.54, 1.807) is 12.1 Å². The van der Waals surface area contributed by atoms with E-state index in [1.165, 1.54) is 11.3 Å². The summed E-state index contributed by atoms with van der Waals surface area (Å²) in [7, 11) is 0. The molecule has 0 aliphatic rings. The Morgan fingerprint density at radius 1 is 1.00 bits per heavy atom. The third-order valence-corrected chi connectivity index (χ3v) is 5.45. The van der Waals surface area contributed by atoms with Crippen LogP contribution in [0.15, 0.2) is 77.8 Å². The molecule has 0 radical (unpaired) electrons. The van der Waals surface area contributed by atoms with Gasteiger partial charge in [0.25, 0.3) is 11.8 Å². The van der Waals surface area contributed by atoms with Crippen molar-refractivity contribution < 1.29 is 9.59 Å².